The molecule has 0 saturated carbocycles. The van der Waals surface area contributed by atoms with Crippen molar-refractivity contribution in [3.8, 4) is 0 Å². The molecule has 0 radical (unpaired) electrons. The van der Waals surface area contributed by atoms with Crippen LogP contribution in [0.25, 0.3) is 0 Å². The molecule has 9 heteroatoms. The number of anilines is 1. The Balaban J connectivity index is 1.91. The number of ether oxygens (including phenoxy) is 3. The van der Waals surface area contributed by atoms with Crippen LogP contribution < -0.4 is 5.01 Å². The fourth-order valence-corrected chi connectivity index (χ4v) is 4.46. The van der Waals surface area contributed by atoms with Crippen LogP contribution >= 0.6 is 23.2 Å². The van der Waals surface area contributed by atoms with Gasteiger partial charge in [-0.3, -0.25) is 0 Å². The molecule has 196 valence electrons. The molecule has 1 aliphatic rings. The molecule has 1 heterocycles. The summed E-state index contributed by atoms with van der Waals surface area (Å²) in [6, 6.07) is 4.88. The average Bonchev–Trinajstić information content (AvgIpc) is 3.14. The summed E-state index contributed by atoms with van der Waals surface area (Å²) in [6.45, 7) is 6.07. The lowest BCUT2D eigenvalue weighted by Gasteiger charge is -2.32. The average molecular weight is 530 g/mol. The molecule has 1 aromatic carbocycles. The van der Waals surface area contributed by atoms with Crippen LogP contribution in [-0.2, 0) is 19.0 Å². The predicted octanol–water partition coefficient (Wildman–Crippen LogP) is 7.91. The lowest BCUT2D eigenvalue weighted by molar-refractivity contribution is -0.149. The van der Waals surface area contributed by atoms with Gasteiger partial charge in [0.05, 0.1) is 30.3 Å². The van der Waals surface area contributed by atoms with E-state index >= 15 is 0 Å². The Morgan fingerprint density at radius 3 is 2.20 bits per heavy atom. The molecule has 0 amide bonds. The standard InChI is InChI=1S/C26H38Cl2N2O5/c1-4-6-7-8-9-10-11-12-13-14-17-34-24(31)26(3)19-23(35-25(32)33-5-2)29-30(26)22-16-15-20(27)18-21(22)28/h15-16,18H,4-14,17,19H2,1-3H3. The molecule has 0 aromatic heterocycles. The Labute approximate surface area is 219 Å². The molecule has 1 unspecified atom stereocenters. The third kappa shape index (κ3) is 9.19. The van der Waals surface area contributed by atoms with Gasteiger partial charge in [0.1, 0.15) is 0 Å². The zero-order valence-corrected chi connectivity index (χ0v) is 22.6. The zero-order chi connectivity index (χ0) is 25.7. The maximum absolute atomic E-state index is 13.2. The normalized spacial score (nSPS) is 17.3. The molecule has 2 rings (SSSR count). The second-order valence-electron chi connectivity index (χ2n) is 8.95. The van der Waals surface area contributed by atoms with Crippen LogP contribution in [-0.4, -0.2) is 36.8 Å². The second-order valence-corrected chi connectivity index (χ2v) is 9.80. The highest BCUT2D eigenvalue weighted by molar-refractivity contribution is 6.36. The number of hydrogen-bond acceptors (Lipinski definition) is 7. The number of esters is 1. The second kappa shape index (κ2) is 15.2. The van der Waals surface area contributed by atoms with E-state index in [4.69, 9.17) is 37.4 Å². The molecule has 1 aromatic rings. The topological polar surface area (TPSA) is 77.4 Å². The Hall–Kier alpha value is -1.99. The highest BCUT2D eigenvalue weighted by Crippen LogP contribution is 2.39. The van der Waals surface area contributed by atoms with Crippen molar-refractivity contribution in [2.24, 2.45) is 5.10 Å². The quantitative estimate of drug-likeness (QED) is 0.180. The van der Waals surface area contributed by atoms with Crippen molar-refractivity contribution in [1.29, 1.82) is 0 Å². The van der Waals surface area contributed by atoms with Crippen LogP contribution in [0.5, 0.6) is 0 Å². The maximum atomic E-state index is 13.2. The summed E-state index contributed by atoms with van der Waals surface area (Å²) < 4.78 is 15.7. The molecule has 0 saturated heterocycles. The number of carbonyl (C=O) groups excluding carboxylic acids is 2. The van der Waals surface area contributed by atoms with Crippen LogP contribution in [0, 0.1) is 0 Å². The summed E-state index contributed by atoms with van der Waals surface area (Å²) in [5.74, 6) is -0.418. The summed E-state index contributed by atoms with van der Waals surface area (Å²) in [7, 11) is 0. The van der Waals surface area contributed by atoms with Crippen LogP contribution in [0.4, 0.5) is 10.5 Å². The van der Waals surface area contributed by atoms with E-state index in [1.165, 1.54) is 50.0 Å². The maximum Gasteiger partial charge on any atom is 0.514 e. The number of nitrogens with zero attached hydrogens (tertiary/aromatic N) is 2. The van der Waals surface area contributed by atoms with E-state index in [0.717, 1.165) is 19.3 Å². The first kappa shape index (κ1) is 29.2. The van der Waals surface area contributed by atoms with E-state index in [1.807, 2.05) is 0 Å². The molecule has 0 N–H and O–H groups in total. The first-order valence-electron chi connectivity index (χ1n) is 12.7. The van der Waals surface area contributed by atoms with Crippen LogP contribution in [0.15, 0.2) is 23.3 Å². The van der Waals surface area contributed by atoms with Crippen molar-refractivity contribution < 1.29 is 23.8 Å². The monoisotopic (exact) mass is 528 g/mol. The summed E-state index contributed by atoms with van der Waals surface area (Å²) >= 11 is 12.4. The highest BCUT2D eigenvalue weighted by Gasteiger charge is 2.49. The van der Waals surface area contributed by atoms with Gasteiger partial charge in [0.2, 0.25) is 5.90 Å². The summed E-state index contributed by atoms with van der Waals surface area (Å²) in [4.78, 5) is 25.0. The summed E-state index contributed by atoms with van der Waals surface area (Å²) in [6.07, 6.45) is 11.1. The van der Waals surface area contributed by atoms with Gasteiger partial charge in [-0.15, -0.1) is 5.10 Å². The molecule has 1 atom stereocenters. The van der Waals surface area contributed by atoms with Gasteiger partial charge < -0.3 is 14.2 Å². The van der Waals surface area contributed by atoms with Crippen LogP contribution in [0.1, 0.15) is 91.4 Å². The number of carbonyl (C=O) groups is 2. The fourth-order valence-electron chi connectivity index (χ4n) is 3.97. The van der Waals surface area contributed by atoms with E-state index in [0.29, 0.717) is 22.3 Å². The summed E-state index contributed by atoms with van der Waals surface area (Å²) in [5.41, 5.74) is -0.783. The number of hydrogen-bond donors (Lipinski definition) is 0. The Morgan fingerprint density at radius 2 is 1.60 bits per heavy atom. The Bertz CT molecular complexity index is 864. The van der Waals surface area contributed by atoms with Crippen molar-refractivity contribution in [3.05, 3.63) is 28.2 Å². The highest BCUT2D eigenvalue weighted by atomic mass is 35.5. The van der Waals surface area contributed by atoms with Gasteiger partial charge in [-0.05, 0) is 38.5 Å². The van der Waals surface area contributed by atoms with Gasteiger partial charge in [-0.1, -0.05) is 87.9 Å². The molecule has 0 bridgehead atoms. The van der Waals surface area contributed by atoms with Gasteiger partial charge in [0, 0.05) is 5.02 Å². The van der Waals surface area contributed by atoms with E-state index in [-0.39, 0.29) is 18.9 Å². The molecule has 7 nitrogen and oxygen atoms in total. The number of rotatable bonds is 14. The molecule has 35 heavy (non-hydrogen) atoms. The van der Waals surface area contributed by atoms with E-state index in [1.54, 1.807) is 32.0 Å². The minimum Gasteiger partial charge on any atom is -0.464 e. The molecule has 0 spiro atoms. The lowest BCUT2D eigenvalue weighted by atomic mass is 9.97. The minimum atomic E-state index is -1.24. The van der Waals surface area contributed by atoms with Crippen LogP contribution in [0.3, 0.4) is 0 Å². The first-order chi connectivity index (χ1) is 16.8. The molecule has 1 aliphatic heterocycles. The van der Waals surface area contributed by atoms with Gasteiger partial charge in [-0.25, -0.2) is 14.6 Å². The van der Waals surface area contributed by atoms with Gasteiger partial charge >= 0.3 is 12.1 Å². The Morgan fingerprint density at radius 1 is 0.971 bits per heavy atom. The van der Waals surface area contributed by atoms with Crippen molar-refractivity contribution in [3.63, 3.8) is 0 Å². The smallest absolute Gasteiger partial charge is 0.464 e. The van der Waals surface area contributed by atoms with Crippen molar-refractivity contribution in [2.45, 2.75) is 96.9 Å². The first-order valence-corrected chi connectivity index (χ1v) is 13.4. The Kier molecular flexibility index (Phi) is 12.7. The minimum absolute atomic E-state index is 0.0294. The van der Waals surface area contributed by atoms with Crippen molar-refractivity contribution >= 4 is 46.9 Å². The van der Waals surface area contributed by atoms with Crippen molar-refractivity contribution in [2.75, 3.05) is 18.2 Å². The van der Waals surface area contributed by atoms with Gasteiger partial charge in [0.25, 0.3) is 0 Å². The van der Waals surface area contributed by atoms with E-state index in [2.05, 4.69) is 12.0 Å². The largest absolute Gasteiger partial charge is 0.514 e. The lowest BCUT2D eigenvalue weighted by Crippen LogP contribution is -2.48. The van der Waals surface area contributed by atoms with E-state index < -0.39 is 17.7 Å². The third-order valence-electron chi connectivity index (χ3n) is 5.95. The third-order valence-corrected chi connectivity index (χ3v) is 6.48. The molecule has 0 aliphatic carbocycles. The number of hydrazone groups is 1. The molecule has 0 fully saturated rings. The van der Waals surface area contributed by atoms with E-state index in [9.17, 15) is 9.59 Å². The molecular weight excluding hydrogens is 491 g/mol. The SMILES string of the molecule is CCCCCCCCCCCCOC(=O)C1(C)CC(OC(=O)OCC)=NN1c1ccc(Cl)cc1Cl. The predicted molar refractivity (Wildman–Crippen MR) is 140 cm³/mol. The van der Waals surface area contributed by atoms with Crippen molar-refractivity contribution in [1.82, 2.24) is 0 Å². The zero-order valence-electron chi connectivity index (χ0n) is 21.1. The van der Waals surface area contributed by atoms with Gasteiger partial charge in [0.15, 0.2) is 5.54 Å². The number of halogens is 2. The summed E-state index contributed by atoms with van der Waals surface area (Å²) in [5, 5.41) is 6.55. The van der Waals surface area contributed by atoms with Crippen LogP contribution in [0.2, 0.25) is 10.0 Å². The fraction of sp³-hybridized carbons (Fsp3) is 0.654. The number of benzene rings is 1. The molecular formula is C26H38Cl2N2O5. The van der Waals surface area contributed by atoms with Gasteiger partial charge in [-0.2, -0.15) is 0 Å². The number of unbranched alkanes of at least 4 members (excludes halogenated alkanes) is 9.